The van der Waals surface area contributed by atoms with Gasteiger partial charge in [0.2, 0.25) is 5.95 Å². The Morgan fingerprint density at radius 1 is 1.28 bits per heavy atom. The van der Waals surface area contributed by atoms with Gasteiger partial charge in [0.25, 0.3) is 0 Å². The highest BCUT2D eigenvalue weighted by atomic mass is 79.9. The number of hydrogen-bond acceptors (Lipinski definition) is 7. The number of aromatic nitrogens is 2. The Bertz CT molecular complexity index is 768. The van der Waals surface area contributed by atoms with Crippen molar-refractivity contribution >= 4 is 27.8 Å². The molecule has 2 rings (SSSR count). The van der Waals surface area contributed by atoms with E-state index in [0.29, 0.717) is 35.9 Å². The van der Waals surface area contributed by atoms with Crippen molar-refractivity contribution in [2.24, 2.45) is 0 Å². The number of carbonyl (C=O) groups excluding carboxylic acids is 1. The second-order valence-electron chi connectivity index (χ2n) is 5.09. The molecule has 1 aromatic heterocycles. The Morgan fingerprint density at radius 2 is 2.04 bits per heavy atom. The predicted molar refractivity (Wildman–Crippen MR) is 97.6 cm³/mol. The van der Waals surface area contributed by atoms with E-state index in [9.17, 15) is 4.79 Å². The number of benzene rings is 1. The highest BCUT2D eigenvalue weighted by Crippen LogP contribution is 2.35. The van der Waals surface area contributed by atoms with Crippen molar-refractivity contribution < 1.29 is 19.0 Å². The standard InChI is InChI=1S/C17H20BrN3O4/c1-4-24-16(22)14-10(2)20-17(19)21-15(14)12-9-11(18)5-6-13(12)25-8-7-23-3/h5-6,9H,4,7-8H2,1-3H3,(H2,19,20,21). The smallest absolute Gasteiger partial charge is 0.342 e. The first kappa shape index (κ1) is 19.1. The minimum Gasteiger partial charge on any atom is -0.490 e. The van der Waals surface area contributed by atoms with Gasteiger partial charge in [0.1, 0.15) is 17.9 Å². The molecular formula is C17H20BrN3O4. The zero-order valence-electron chi connectivity index (χ0n) is 14.3. The Hall–Kier alpha value is -2.19. The normalized spacial score (nSPS) is 10.6. The molecule has 0 saturated heterocycles. The lowest BCUT2D eigenvalue weighted by Gasteiger charge is -2.15. The van der Waals surface area contributed by atoms with Crippen LogP contribution in [-0.4, -0.2) is 42.9 Å². The molecule has 1 heterocycles. The van der Waals surface area contributed by atoms with E-state index < -0.39 is 5.97 Å². The van der Waals surface area contributed by atoms with E-state index in [4.69, 9.17) is 19.9 Å². The molecule has 0 aliphatic heterocycles. The van der Waals surface area contributed by atoms with Crippen LogP contribution in [0.5, 0.6) is 5.75 Å². The first-order chi connectivity index (χ1) is 12.0. The second kappa shape index (κ2) is 8.77. The van der Waals surface area contributed by atoms with Gasteiger partial charge in [-0.05, 0) is 32.0 Å². The van der Waals surface area contributed by atoms with Crippen molar-refractivity contribution in [1.82, 2.24) is 9.97 Å². The molecule has 0 amide bonds. The minimum atomic E-state index is -0.502. The van der Waals surface area contributed by atoms with Crippen LogP contribution >= 0.6 is 15.9 Å². The molecule has 25 heavy (non-hydrogen) atoms. The number of nitrogens with two attached hydrogens (primary N) is 1. The fourth-order valence-electron chi connectivity index (χ4n) is 2.29. The van der Waals surface area contributed by atoms with Crippen LogP contribution in [0.4, 0.5) is 5.95 Å². The molecule has 0 bridgehead atoms. The highest BCUT2D eigenvalue weighted by molar-refractivity contribution is 9.10. The predicted octanol–water partition coefficient (Wildman–Crippen LogP) is 3.00. The molecule has 0 aliphatic carbocycles. The van der Waals surface area contributed by atoms with Gasteiger partial charge in [-0.25, -0.2) is 14.8 Å². The van der Waals surface area contributed by atoms with Crippen LogP contribution < -0.4 is 10.5 Å². The number of nitrogens with zero attached hydrogens (tertiary/aromatic N) is 2. The maximum absolute atomic E-state index is 12.4. The van der Waals surface area contributed by atoms with Crippen LogP contribution in [0.15, 0.2) is 22.7 Å². The average molecular weight is 410 g/mol. The van der Waals surface area contributed by atoms with E-state index in [2.05, 4.69) is 25.9 Å². The van der Waals surface area contributed by atoms with Crippen LogP contribution in [0.2, 0.25) is 0 Å². The Kier molecular flexibility index (Phi) is 6.72. The van der Waals surface area contributed by atoms with E-state index in [1.807, 2.05) is 12.1 Å². The molecule has 0 unspecified atom stereocenters. The fourth-order valence-corrected chi connectivity index (χ4v) is 2.65. The summed E-state index contributed by atoms with van der Waals surface area (Å²) in [6.07, 6.45) is 0. The molecule has 2 aromatic rings. The number of halogens is 1. The van der Waals surface area contributed by atoms with E-state index >= 15 is 0 Å². The molecular weight excluding hydrogens is 390 g/mol. The number of carbonyl (C=O) groups is 1. The van der Waals surface area contributed by atoms with Crippen molar-refractivity contribution in [2.45, 2.75) is 13.8 Å². The summed E-state index contributed by atoms with van der Waals surface area (Å²) in [6, 6.07) is 5.44. The van der Waals surface area contributed by atoms with Gasteiger partial charge < -0.3 is 19.9 Å². The largest absolute Gasteiger partial charge is 0.490 e. The number of esters is 1. The first-order valence-corrected chi connectivity index (χ1v) is 8.50. The quantitative estimate of drug-likeness (QED) is 0.554. The SMILES string of the molecule is CCOC(=O)c1c(C)nc(N)nc1-c1cc(Br)ccc1OCCOC. The lowest BCUT2D eigenvalue weighted by molar-refractivity contribution is 0.0525. The molecule has 7 nitrogen and oxygen atoms in total. The lowest BCUT2D eigenvalue weighted by atomic mass is 10.0. The van der Waals surface area contributed by atoms with E-state index in [1.165, 1.54) is 0 Å². The summed E-state index contributed by atoms with van der Waals surface area (Å²) in [7, 11) is 1.60. The molecule has 0 radical (unpaired) electrons. The highest BCUT2D eigenvalue weighted by Gasteiger charge is 2.23. The average Bonchev–Trinajstić information content (AvgIpc) is 2.55. The van der Waals surface area contributed by atoms with Crippen molar-refractivity contribution in [3.8, 4) is 17.0 Å². The Morgan fingerprint density at radius 3 is 2.72 bits per heavy atom. The van der Waals surface area contributed by atoms with Crippen LogP contribution in [0.25, 0.3) is 11.3 Å². The third kappa shape index (κ3) is 4.67. The number of hydrogen-bond donors (Lipinski definition) is 1. The van der Waals surface area contributed by atoms with Gasteiger partial charge in [0, 0.05) is 17.1 Å². The van der Waals surface area contributed by atoms with Crippen molar-refractivity contribution in [1.29, 1.82) is 0 Å². The van der Waals surface area contributed by atoms with Gasteiger partial charge in [-0.1, -0.05) is 15.9 Å². The number of methoxy groups -OCH3 is 1. The maximum Gasteiger partial charge on any atom is 0.342 e. The van der Waals surface area contributed by atoms with Gasteiger partial charge in [-0.2, -0.15) is 0 Å². The topological polar surface area (TPSA) is 96.6 Å². The monoisotopic (exact) mass is 409 g/mol. The summed E-state index contributed by atoms with van der Waals surface area (Å²) >= 11 is 3.43. The van der Waals surface area contributed by atoms with Gasteiger partial charge >= 0.3 is 5.97 Å². The minimum absolute atomic E-state index is 0.0726. The zero-order valence-corrected chi connectivity index (χ0v) is 15.9. The summed E-state index contributed by atoms with van der Waals surface area (Å²) in [5, 5.41) is 0. The van der Waals surface area contributed by atoms with E-state index in [1.54, 1.807) is 27.0 Å². The van der Waals surface area contributed by atoms with Gasteiger partial charge in [-0.15, -0.1) is 0 Å². The zero-order chi connectivity index (χ0) is 18.4. The molecule has 8 heteroatoms. The first-order valence-electron chi connectivity index (χ1n) is 7.70. The van der Waals surface area contributed by atoms with Crippen LogP contribution in [0.1, 0.15) is 23.0 Å². The number of anilines is 1. The van der Waals surface area contributed by atoms with Gasteiger partial charge in [0.05, 0.1) is 24.6 Å². The molecule has 1 aromatic carbocycles. The van der Waals surface area contributed by atoms with E-state index in [-0.39, 0.29) is 18.1 Å². The van der Waals surface area contributed by atoms with Gasteiger partial charge in [0.15, 0.2) is 0 Å². The lowest BCUT2D eigenvalue weighted by Crippen LogP contribution is -2.14. The number of nitrogen functional groups attached to an aromatic ring is 1. The summed E-state index contributed by atoms with van der Waals surface area (Å²) in [4.78, 5) is 20.8. The number of rotatable bonds is 7. The summed E-state index contributed by atoms with van der Waals surface area (Å²) in [5.74, 6) is 0.129. The number of ether oxygens (including phenoxy) is 3. The van der Waals surface area contributed by atoms with E-state index in [0.717, 1.165) is 4.47 Å². The maximum atomic E-state index is 12.4. The van der Waals surface area contributed by atoms with Crippen LogP contribution in [0, 0.1) is 6.92 Å². The van der Waals surface area contributed by atoms with Crippen molar-refractivity contribution in [2.75, 3.05) is 32.7 Å². The summed E-state index contributed by atoms with van der Waals surface area (Å²) < 4.78 is 16.7. The molecule has 2 N–H and O–H groups in total. The second-order valence-corrected chi connectivity index (χ2v) is 6.01. The summed E-state index contributed by atoms with van der Waals surface area (Å²) in [6.45, 7) is 4.48. The molecule has 0 fully saturated rings. The van der Waals surface area contributed by atoms with Crippen molar-refractivity contribution in [3.05, 3.63) is 33.9 Å². The summed E-state index contributed by atoms with van der Waals surface area (Å²) in [5.41, 5.74) is 7.51. The molecule has 0 spiro atoms. The molecule has 0 aliphatic rings. The molecule has 134 valence electrons. The fraction of sp³-hybridized carbons (Fsp3) is 0.353. The van der Waals surface area contributed by atoms with Crippen molar-refractivity contribution in [3.63, 3.8) is 0 Å². The van der Waals surface area contributed by atoms with Crippen LogP contribution in [-0.2, 0) is 9.47 Å². The Balaban J connectivity index is 2.60. The molecule has 0 saturated carbocycles. The van der Waals surface area contributed by atoms with Crippen LogP contribution in [0.3, 0.4) is 0 Å². The van der Waals surface area contributed by atoms with Gasteiger partial charge in [-0.3, -0.25) is 0 Å². The third-order valence-electron chi connectivity index (χ3n) is 3.33. The molecule has 0 atom stereocenters. The number of aryl methyl sites for hydroxylation is 1. The Labute approximate surface area is 154 Å². The third-order valence-corrected chi connectivity index (χ3v) is 3.82.